The number of rotatable bonds is 6. The molecule has 0 unspecified atom stereocenters. The topological polar surface area (TPSA) is 77.0 Å². The number of hydrogen-bond acceptors (Lipinski definition) is 5. The Morgan fingerprint density at radius 2 is 1.81 bits per heavy atom. The average Bonchev–Trinajstić information content (AvgIpc) is 3.28. The predicted octanol–water partition coefficient (Wildman–Crippen LogP) is 4.86. The van der Waals surface area contributed by atoms with Gasteiger partial charge in [-0.25, -0.2) is 10.2 Å². The number of carbonyl (C=O) groups excluding carboxylic acids is 2. The lowest BCUT2D eigenvalue weighted by atomic mass is 10.1. The number of hydrazone groups is 1. The second-order valence-electron chi connectivity index (χ2n) is 7.02. The molecular weight excluding hydrogens is 472 g/mol. The average molecular weight is 491 g/mol. The summed E-state index contributed by atoms with van der Waals surface area (Å²) in [5.41, 5.74) is 6.52. The molecule has 0 spiro atoms. The normalized spacial score (nSPS) is 12.8. The van der Waals surface area contributed by atoms with E-state index < -0.39 is 5.97 Å². The Labute approximate surface area is 193 Å². The minimum Gasteiger partial charge on any atom is -0.423 e. The first-order valence-electron chi connectivity index (χ1n) is 9.86. The standard InChI is InChI=1S/C25H19BrN2O4/c26-22-9-10-23(32-24(29)11-6-17-4-2-1-3-5-17)20(13-22)14-27-28-25(30)18-7-8-19-15-31-16-21(19)12-18/h1-14H,15-16H2,(H,28,30)/b11-6+,27-14?. The minimum absolute atomic E-state index is 0.323. The highest BCUT2D eigenvalue weighted by Crippen LogP contribution is 2.23. The fourth-order valence-corrected chi connectivity index (χ4v) is 3.50. The third-order valence-electron chi connectivity index (χ3n) is 4.75. The van der Waals surface area contributed by atoms with E-state index >= 15 is 0 Å². The molecule has 1 amide bonds. The van der Waals surface area contributed by atoms with Crippen molar-refractivity contribution >= 4 is 40.1 Å². The van der Waals surface area contributed by atoms with Crippen molar-refractivity contribution in [2.45, 2.75) is 13.2 Å². The molecule has 0 atom stereocenters. The van der Waals surface area contributed by atoms with Crippen molar-refractivity contribution in [3.05, 3.63) is 105 Å². The van der Waals surface area contributed by atoms with Gasteiger partial charge in [-0.15, -0.1) is 0 Å². The van der Waals surface area contributed by atoms with Crippen molar-refractivity contribution in [1.82, 2.24) is 5.43 Å². The molecule has 32 heavy (non-hydrogen) atoms. The van der Waals surface area contributed by atoms with Crippen LogP contribution < -0.4 is 10.2 Å². The van der Waals surface area contributed by atoms with Gasteiger partial charge in [0.1, 0.15) is 5.75 Å². The molecule has 0 saturated heterocycles. The molecular formula is C25H19BrN2O4. The third kappa shape index (κ3) is 5.57. The van der Waals surface area contributed by atoms with Gasteiger partial charge in [0.25, 0.3) is 5.91 Å². The lowest BCUT2D eigenvalue weighted by Gasteiger charge is -2.06. The molecule has 0 aromatic heterocycles. The predicted molar refractivity (Wildman–Crippen MR) is 125 cm³/mol. The van der Waals surface area contributed by atoms with Crippen LogP contribution in [0.2, 0.25) is 0 Å². The maximum atomic E-state index is 12.4. The van der Waals surface area contributed by atoms with Gasteiger partial charge in [-0.3, -0.25) is 4.79 Å². The highest BCUT2D eigenvalue weighted by Gasteiger charge is 2.14. The highest BCUT2D eigenvalue weighted by atomic mass is 79.9. The zero-order valence-electron chi connectivity index (χ0n) is 17.0. The van der Waals surface area contributed by atoms with Gasteiger partial charge < -0.3 is 9.47 Å². The van der Waals surface area contributed by atoms with Gasteiger partial charge in [-0.1, -0.05) is 52.3 Å². The number of carbonyl (C=O) groups is 2. The molecule has 7 heteroatoms. The number of nitrogens with one attached hydrogen (secondary N) is 1. The van der Waals surface area contributed by atoms with Crippen molar-refractivity contribution in [2.75, 3.05) is 0 Å². The smallest absolute Gasteiger partial charge is 0.336 e. The number of benzene rings is 3. The quantitative estimate of drug-likeness (QED) is 0.176. The molecule has 0 saturated carbocycles. The van der Waals surface area contributed by atoms with Gasteiger partial charge in [-0.05, 0) is 53.1 Å². The SMILES string of the molecule is O=C(/C=C/c1ccccc1)Oc1ccc(Br)cc1C=NNC(=O)c1ccc2c(c1)COC2. The first kappa shape index (κ1) is 21.7. The van der Waals surface area contributed by atoms with Crippen molar-refractivity contribution in [2.24, 2.45) is 5.10 Å². The van der Waals surface area contributed by atoms with Gasteiger partial charge in [0.2, 0.25) is 0 Å². The van der Waals surface area contributed by atoms with Gasteiger partial charge in [0.15, 0.2) is 0 Å². The molecule has 1 N–H and O–H groups in total. The number of esters is 1. The molecule has 6 nitrogen and oxygen atoms in total. The van der Waals surface area contributed by atoms with Gasteiger partial charge in [-0.2, -0.15) is 5.10 Å². The van der Waals surface area contributed by atoms with E-state index in [4.69, 9.17) is 9.47 Å². The molecule has 0 bridgehead atoms. The number of nitrogens with zero attached hydrogens (tertiary/aromatic N) is 1. The fourth-order valence-electron chi connectivity index (χ4n) is 3.12. The summed E-state index contributed by atoms with van der Waals surface area (Å²) < 4.78 is 11.6. The molecule has 3 aromatic rings. The Hall–Kier alpha value is -3.55. The van der Waals surface area contributed by atoms with Gasteiger partial charge in [0, 0.05) is 21.7 Å². The van der Waals surface area contributed by atoms with Crippen LogP contribution in [0.4, 0.5) is 0 Å². The molecule has 160 valence electrons. The van der Waals surface area contributed by atoms with Crippen LogP contribution in [0.3, 0.4) is 0 Å². The minimum atomic E-state index is -0.518. The Bertz CT molecular complexity index is 1210. The second-order valence-corrected chi connectivity index (χ2v) is 7.94. The molecule has 4 rings (SSSR count). The van der Waals surface area contributed by atoms with Gasteiger partial charge >= 0.3 is 5.97 Å². The molecule has 1 aliphatic heterocycles. The Balaban J connectivity index is 1.42. The fraction of sp³-hybridized carbons (Fsp3) is 0.0800. The first-order chi connectivity index (χ1) is 15.6. The van der Waals surface area contributed by atoms with E-state index in [2.05, 4.69) is 26.5 Å². The van der Waals surface area contributed by atoms with Crippen molar-refractivity contribution in [3.8, 4) is 5.75 Å². The summed E-state index contributed by atoms with van der Waals surface area (Å²) in [4.78, 5) is 24.7. The summed E-state index contributed by atoms with van der Waals surface area (Å²) in [6, 6.07) is 20.0. The summed E-state index contributed by atoms with van der Waals surface area (Å²) in [6.07, 6.45) is 4.47. The van der Waals surface area contributed by atoms with E-state index in [0.717, 1.165) is 21.2 Å². The van der Waals surface area contributed by atoms with Crippen LogP contribution in [0, 0.1) is 0 Å². The Morgan fingerprint density at radius 1 is 1.00 bits per heavy atom. The summed E-state index contributed by atoms with van der Waals surface area (Å²) in [6.45, 7) is 1.07. The van der Waals surface area contributed by atoms with Crippen LogP contribution in [0.1, 0.15) is 32.6 Å². The summed E-state index contributed by atoms with van der Waals surface area (Å²) in [7, 11) is 0. The van der Waals surface area contributed by atoms with E-state index in [9.17, 15) is 9.59 Å². The van der Waals surface area contributed by atoms with Crippen LogP contribution in [-0.4, -0.2) is 18.1 Å². The summed E-state index contributed by atoms with van der Waals surface area (Å²) in [5.74, 6) is -0.533. The molecule has 1 aliphatic rings. The number of ether oxygens (including phenoxy) is 2. The van der Waals surface area contributed by atoms with Crippen molar-refractivity contribution < 1.29 is 19.1 Å². The van der Waals surface area contributed by atoms with Crippen LogP contribution in [-0.2, 0) is 22.7 Å². The Morgan fingerprint density at radius 3 is 2.66 bits per heavy atom. The van der Waals surface area contributed by atoms with E-state index in [1.807, 2.05) is 36.4 Å². The second kappa shape index (κ2) is 10.2. The van der Waals surface area contributed by atoms with Crippen LogP contribution in [0.5, 0.6) is 5.75 Å². The molecule has 3 aromatic carbocycles. The van der Waals surface area contributed by atoms with E-state index in [0.29, 0.717) is 30.1 Å². The maximum Gasteiger partial charge on any atom is 0.336 e. The number of halogens is 1. The van der Waals surface area contributed by atoms with Crippen LogP contribution in [0.25, 0.3) is 6.08 Å². The zero-order chi connectivity index (χ0) is 22.3. The van der Waals surface area contributed by atoms with Crippen molar-refractivity contribution in [1.29, 1.82) is 0 Å². The van der Waals surface area contributed by atoms with Gasteiger partial charge in [0.05, 0.1) is 19.4 Å². The summed E-state index contributed by atoms with van der Waals surface area (Å²) in [5, 5.41) is 4.03. The highest BCUT2D eigenvalue weighted by molar-refractivity contribution is 9.10. The van der Waals surface area contributed by atoms with Crippen molar-refractivity contribution in [3.63, 3.8) is 0 Å². The Kier molecular flexibility index (Phi) is 6.89. The lowest BCUT2D eigenvalue weighted by molar-refractivity contribution is -0.128. The largest absolute Gasteiger partial charge is 0.423 e. The zero-order valence-corrected chi connectivity index (χ0v) is 18.5. The summed E-state index contributed by atoms with van der Waals surface area (Å²) >= 11 is 3.39. The van der Waals surface area contributed by atoms with Crippen LogP contribution >= 0.6 is 15.9 Å². The number of fused-ring (bicyclic) bond motifs is 1. The molecule has 1 heterocycles. The lowest BCUT2D eigenvalue weighted by Crippen LogP contribution is -2.18. The third-order valence-corrected chi connectivity index (χ3v) is 5.24. The van der Waals surface area contributed by atoms with E-state index in [1.165, 1.54) is 12.3 Å². The maximum absolute atomic E-state index is 12.4. The molecule has 0 radical (unpaired) electrons. The number of amides is 1. The molecule has 0 fully saturated rings. The van der Waals surface area contributed by atoms with Crippen LogP contribution in [0.15, 0.2) is 82.4 Å². The van der Waals surface area contributed by atoms with E-state index in [1.54, 1.807) is 36.4 Å². The monoisotopic (exact) mass is 490 g/mol. The van der Waals surface area contributed by atoms with E-state index in [-0.39, 0.29) is 5.91 Å². The number of hydrogen-bond donors (Lipinski definition) is 1. The first-order valence-corrected chi connectivity index (χ1v) is 10.7. The molecule has 0 aliphatic carbocycles.